The minimum Gasteiger partial charge on any atom is -0.462 e. The fourth-order valence-corrected chi connectivity index (χ4v) is 6.84. The summed E-state index contributed by atoms with van der Waals surface area (Å²) in [6, 6.07) is 0. The van der Waals surface area contributed by atoms with Gasteiger partial charge in [0.1, 0.15) is 13.2 Å². The van der Waals surface area contributed by atoms with Crippen LogP contribution in [0.2, 0.25) is 0 Å². The summed E-state index contributed by atoms with van der Waals surface area (Å²) in [6.07, 6.45) is 64.5. The Morgan fingerprint density at radius 1 is 0.339 bits per heavy atom. The predicted octanol–water partition coefficient (Wildman–Crippen LogP) is 16.8. The Morgan fingerprint density at radius 3 is 0.984 bits per heavy atom. The molecule has 0 aliphatic carbocycles. The van der Waals surface area contributed by atoms with Crippen molar-refractivity contribution in [3.63, 3.8) is 0 Å². The lowest BCUT2D eigenvalue weighted by Gasteiger charge is -2.18. The molecule has 0 spiro atoms. The van der Waals surface area contributed by atoms with Crippen LogP contribution in [0.1, 0.15) is 233 Å². The minimum atomic E-state index is -0.794. The first-order valence-electron chi connectivity index (χ1n) is 25.6. The molecule has 0 amide bonds. The molecule has 0 aliphatic heterocycles. The number of hydrogen-bond donors (Lipinski definition) is 0. The highest BCUT2D eigenvalue weighted by atomic mass is 16.6. The highest BCUT2D eigenvalue weighted by molar-refractivity contribution is 5.71. The van der Waals surface area contributed by atoms with E-state index >= 15 is 0 Å². The molecule has 6 nitrogen and oxygen atoms in total. The van der Waals surface area contributed by atoms with Crippen LogP contribution in [-0.2, 0) is 28.6 Å². The van der Waals surface area contributed by atoms with Crippen LogP contribution in [0.4, 0.5) is 0 Å². The molecule has 0 aromatic rings. The van der Waals surface area contributed by atoms with Crippen LogP contribution in [0.15, 0.2) is 85.1 Å². The molecular formula is C56H94O6. The average Bonchev–Trinajstić information content (AvgIpc) is 3.27. The van der Waals surface area contributed by atoms with Crippen molar-refractivity contribution < 1.29 is 28.6 Å². The number of ether oxygens (including phenoxy) is 3. The first kappa shape index (κ1) is 58.6. The van der Waals surface area contributed by atoms with E-state index in [1.165, 1.54) is 96.3 Å². The molecule has 354 valence electrons. The molecule has 0 saturated heterocycles. The minimum absolute atomic E-state index is 0.0928. The summed E-state index contributed by atoms with van der Waals surface area (Å²) in [5.74, 6) is -0.961. The second-order valence-corrected chi connectivity index (χ2v) is 16.7. The Hall–Kier alpha value is -3.41. The maximum Gasteiger partial charge on any atom is 0.306 e. The number of carbonyl (C=O) groups is 3. The SMILES string of the molecule is CC/C=C\C/C=C\C/C=C\C/C=C\C/C=C\C/C=C\C/C=C\CCCC(=O)OCC(COC(=O)CCCCCCCCC)OC(=O)CCCCCCCCCCCCCCCC. The average molecular weight is 863 g/mol. The Morgan fingerprint density at radius 2 is 0.629 bits per heavy atom. The van der Waals surface area contributed by atoms with Gasteiger partial charge in [0.2, 0.25) is 0 Å². The fourth-order valence-electron chi connectivity index (χ4n) is 6.84. The molecule has 62 heavy (non-hydrogen) atoms. The van der Waals surface area contributed by atoms with Gasteiger partial charge in [0.15, 0.2) is 6.10 Å². The summed E-state index contributed by atoms with van der Waals surface area (Å²) in [4.78, 5) is 37.7. The molecule has 0 aliphatic rings. The number of rotatable bonds is 45. The van der Waals surface area contributed by atoms with Crippen LogP contribution < -0.4 is 0 Å². The van der Waals surface area contributed by atoms with Gasteiger partial charge in [-0.05, 0) is 70.6 Å². The third kappa shape index (κ3) is 47.6. The number of carbonyl (C=O) groups excluding carboxylic acids is 3. The number of esters is 3. The zero-order valence-corrected chi connectivity index (χ0v) is 40.4. The van der Waals surface area contributed by atoms with Crippen molar-refractivity contribution in [1.29, 1.82) is 0 Å². The first-order chi connectivity index (χ1) is 30.5. The standard InChI is InChI=1S/C56H94O6/c1-4-7-10-13-16-18-20-22-24-25-26-27-28-29-30-31-32-34-35-37-40-43-46-49-55(58)61-52-53(51-60-54(57)48-45-42-39-15-12-9-6-3)62-56(59)50-47-44-41-38-36-33-23-21-19-17-14-11-8-5-2/h7,10,16,18,22,24,26-27,29-30,32,34,37,40,53H,4-6,8-9,11-15,17,19-21,23,25,28,31,33,35-36,38-39,41-52H2,1-3H3/b10-7-,18-16-,24-22-,27-26-,30-29-,34-32-,40-37-. The van der Waals surface area contributed by atoms with E-state index in [1.54, 1.807) is 0 Å². The van der Waals surface area contributed by atoms with Gasteiger partial charge in [-0.25, -0.2) is 0 Å². The number of hydrogen-bond acceptors (Lipinski definition) is 6. The summed E-state index contributed by atoms with van der Waals surface area (Å²) in [6.45, 7) is 6.43. The van der Waals surface area contributed by atoms with Gasteiger partial charge in [-0.1, -0.05) is 228 Å². The van der Waals surface area contributed by atoms with Gasteiger partial charge in [0.25, 0.3) is 0 Å². The van der Waals surface area contributed by atoms with E-state index in [2.05, 4.69) is 106 Å². The van der Waals surface area contributed by atoms with E-state index in [4.69, 9.17) is 14.2 Å². The van der Waals surface area contributed by atoms with Gasteiger partial charge < -0.3 is 14.2 Å². The zero-order chi connectivity index (χ0) is 45.1. The lowest BCUT2D eigenvalue weighted by Crippen LogP contribution is -2.30. The van der Waals surface area contributed by atoms with E-state index < -0.39 is 6.10 Å². The lowest BCUT2D eigenvalue weighted by molar-refractivity contribution is -0.167. The molecular weight excluding hydrogens is 769 g/mol. The molecule has 0 rings (SSSR count). The zero-order valence-electron chi connectivity index (χ0n) is 40.4. The molecule has 0 aromatic carbocycles. The molecule has 1 atom stereocenters. The van der Waals surface area contributed by atoms with Crippen LogP contribution in [0.3, 0.4) is 0 Å². The van der Waals surface area contributed by atoms with Crippen molar-refractivity contribution in [2.24, 2.45) is 0 Å². The third-order valence-corrected chi connectivity index (χ3v) is 10.7. The van der Waals surface area contributed by atoms with Crippen LogP contribution in [0.5, 0.6) is 0 Å². The van der Waals surface area contributed by atoms with Gasteiger partial charge in [-0.3, -0.25) is 14.4 Å². The van der Waals surface area contributed by atoms with Crippen molar-refractivity contribution in [3.05, 3.63) is 85.1 Å². The summed E-state index contributed by atoms with van der Waals surface area (Å²) in [5, 5.41) is 0. The summed E-state index contributed by atoms with van der Waals surface area (Å²) in [5.41, 5.74) is 0. The molecule has 0 radical (unpaired) electrons. The topological polar surface area (TPSA) is 78.9 Å². The third-order valence-electron chi connectivity index (χ3n) is 10.7. The van der Waals surface area contributed by atoms with Crippen molar-refractivity contribution >= 4 is 17.9 Å². The highest BCUT2D eigenvalue weighted by Crippen LogP contribution is 2.15. The Labute approximate surface area is 382 Å². The number of allylic oxidation sites excluding steroid dienone is 14. The van der Waals surface area contributed by atoms with Gasteiger partial charge in [0, 0.05) is 19.3 Å². The Balaban J connectivity index is 4.35. The van der Waals surface area contributed by atoms with Gasteiger partial charge in [0.05, 0.1) is 0 Å². The molecule has 6 heteroatoms. The van der Waals surface area contributed by atoms with Crippen LogP contribution in [0.25, 0.3) is 0 Å². The predicted molar refractivity (Wildman–Crippen MR) is 265 cm³/mol. The van der Waals surface area contributed by atoms with Crippen molar-refractivity contribution in [2.75, 3.05) is 13.2 Å². The van der Waals surface area contributed by atoms with E-state index in [9.17, 15) is 14.4 Å². The maximum atomic E-state index is 12.7. The van der Waals surface area contributed by atoms with Crippen LogP contribution >= 0.6 is 0 Å². The molecule has 0 fully saturated rings. The van der Waals surface area contributed by atoms with E-state index in [-0.39, 0.29) is 37.5 Å². The Kier molecular flexibility index (Phi) is 47.5. The van der Waals surface area contributed by atoms with E-state index in [1.807, 2.05) is 0 Å². The number of unbranched alkanes of at least 4 members (excludes halogenated alkanes) is 20. The maximum absolute atomic E-state index is 12.7. The normalized spacial score (nSPS) is 12.8. The molecule has 0 saturated carbocycles. The monoisotopic (exact) mass is 863 g/mol. The summed E-state index contributed by atoms with van der Waals surface area (Å²) < 4.78 is 16.7. The second-order valence-electron chi connectivity index (χ2n) is 16.7. The molecule has 0 aromatic heterocycles. The van der Waals surface area contributed by atoms with Gasteiger partial charge in [-0.15, -0.1) is 0 Å². The molecule has 0 N–H and O–H groups in total. The van der Waals surface area contributed by atoms with E-state index in [0.717, 1.165) is 89.9 Å². The smallest absolute Gasteiger partial charge is 0.306 e. The summed E-state index contributed by atoms with van der Waals surface area (Å²) in [7, 11) is 0. The highest BCUT2D eigenvalue weighted by Gasteiger charge is 2.19. The molecule has 0 heterocycles. The largest absolute Gasteiger partial charge is 0.462 e. The van der Waals surface area contributed by atoms with Gasteiger partial charge in [-0.2, -0.15) is 0 Å². The van der Waals surface area contributed by atoms with Crippen molar-refractivity contribution in [3.8, 4) is 0 Å². The first-order valence-corrected chi connectivity index (χ1v) is 25.6. The summed E-state index contributed by atoms with van der Waals surface area (Å²) >= 11 is 0. The van der Waals surface area contributed by atoms with Crippen LogP contribution in [-0.4, -0.2) is 37.2 Å². The molecule has 0 bridgehead atoms. The molecule has 1 unspecified atom stereocenters. The van der Waals surface area contributed by atoms with Gasteiger partial charge >= 0.3 is 17.9 Å². The lowest BCUT2D eigenvalue weighted by atomic mass is 10.0. The van der Waals surface area contributed by atoms with E-state index in [0.29, 0.717) is 19.3 Å². The van der Waals surface area contributed by atoms with Crippen molar-refractivity contribution in [2.45, 2.75) is 239 Å². The second kappa shape index (κ2) is 50.2. The van der Waals surface area contributed by atoms with Crippen molar-refractivity contribution in [1.82, 2.24) is 0 Å². The quantitative estimate of drug-likeness (QED) is 0.0263. The van der Waals surface area contributed by atoms with Crippen LogP contribution in [0, 0.1) is 0 Å². The Bertz CT molecular complexity index is 1220. The fraction of sp³-hybridized carbons (Fsp3) is 0.696.